The molecule has 0 fully saturated rings. The van der Waals surface area contributed by atoms with Gasteiger partial charge >= 0.3 is 6.18 Å². The summed E-state index contributed by atoms with van der Waals surface area (Å²) in [6, 6.07) is 0. The van der Waals surface area contributed by atoms with Gasteiger partial charge in [-0.15, -0.1) is 0 Å². The highest BCUT2D eigenvalue weighted by molar-refractivity contribution is 5.64. The number of aromatic nitrogens is 3. The van der Waals surface area contributed by atoms with E-state index in [2.05, 4.69) is 15.0 Å². The van der Waals surface area contributed by atoms with E-state index in [4.69, 9.17) is 0 Å². The van der Waals surface area contributed by atoms with Gasteiger partial charge in [0.15, 0.2) is 5.82 Å². The lowest BCUT2D eigenvalue weighted by molar-refractivity contribution is -0.115. The maximum Gasteiger partial charge on any atom is 0.405 e. The van der Waals surface area contributed by atoms with Crippen LogP contribution in [0.3, 0.4) is 0 Å². The lowest BCUT2D eigenvalue weighted by Crippen LogP contribution is -2.24. The van der Waals surface area contributed by atoms with Crippen LogP contribution in [0.4, 0.5) is 32.3 Å². The van der Waals surface area contributed by atoms with Gasteiger partial charge in [0.1, 0.15) is 18.2 Å². The average Bonchev–Trinajstić information content (AvgIpc) is 2.49. The van der Waals surface area contributed by atoms with Crippen molar-refractivity contribution in [2.24, 2.45) is 0 Å². The molecule has 1 aliphatic carbocycles. The molecule has 1 aromatic heterocycles. The van der Waals surface area contributed by atoms with Gasteiger partial charge in [-0.1, -0.05) is 13.3 Å². The van der Waals surface area contributed by atoms with Gasteiger partial charge in [0.25, 0.3) is 5.92 Å². The topological polar surface area (TPSA) is 50.7 Å². The molecule has 10 heteroatoms. The zero-order valence-electron chi connectivity index (χ0n) is 13.6. The quantitative estimate of drug-likeness (QED) is 0.741. The SMILES string of the molecule is CCCCc1nc(NCC(F)(F)F)nc(C2=C(F)CC(F)(F)CC2)n1. The summed E-state index contributed by atoms with van der Waals surface area (Å²) in [6.45, 7) is 0.555. The summed E-state index contributed by atoms with van der Waals surface area (Å²) in [5, 5.41) is 2.03. The molecule has 0 saturated heterocycles. The van der Waals surface area contributed by atoms with E-state index in [0.29, 0.717) is 12.8 Å². The zero-order valence-corrected chi connectivity index (χ0v) is 13.6. The first-order valence-corrected chi connectivity index (χ1v) is 7.91. The van der Waals surface area contributed by atoms with Gasteiger partial charge in [0.05, 0.1) is 6.42 Å². The molecule has 1 N–H and O–H groups in total. The molecule has 0 amide bonds. The minimum absolute atomic E-state index is 0.0962. The number of allylic oxidation sites excluding steroid dienone is 2. The highest BCUT2D eigenvalue weighted by Gasteiger charge is 2.37. The Balaban J connectivity index is 2.32. The van der Waals surface area contributed by atoms with Gasteiger partial charge in [0.2, 0.25) is 5.95 Å². The summed E-state index contributed by atoms with van der Waals surface area (Å²) in [5.74, 6) is -4.49. The lowest BCUT2D eigenvalue weighted by Gasteiger charge is -2.22. The number of hydrogen-bond donors (Lipinski definition) is 1. The third kappa shape index (κ3) is 5.86. The van der Waals surface area contributed by atoms with Crippen LogP contribution in [0.5, 0.6) is 0 Å². The van der Waals surface area contributed by atoms with Gasteiger partial charge in [-0.3, -0.25) is 0 Å². The molecule has 1 aromatic rings. The van der Waals surface area contributed by atoms with Crippen LogP contribution < -0.4 is 5.32 Å². The molecule has 25 heavy (non-hydrogen) atoms. The second kappa shape index (κ2) is 7.57. The number of nitrogens with zero attached hydrogens (tertiary/aromatic N) is 3. The van der Waals surface area contributed by atoms with Crippen molar-refractivity contribution in [2.75, 3.05) is 11.9 Å². The molecule has 0 spiro atoms. The van der Waals surface area contributed by atoms with Crippen molar-refractivity contribution in [3.63, 3.8) is 0 Å². The van der Waals surface area contributed by atoms with Crippen molar-refractivity contribution in [3.8, 4) is 0 Å². The first-order chi connectivity index (χ1) is 11.6. The van der Waals surface area contributed by atoms with E-state index in [1.165, 1.54) is 0 Å². The summed E-state index contributed by atoms with van der Waals surface area (Å²) >= 11 is 0. The highest BCUT2D eigenvalue weighted by atomic mass is 19.4. The third-order valence-electron chi connectivity index (χ3n) is 3.63. The molecular formula is C15H18F6N4. The number of unbranched alkanes of at least 4 members (excludes halogenated alkanes) is 1. The standard InChI is InChI=1S/C15H18F6N4/c1-2-3-4-11-23-12(9-5-6-14(17,18)7-10(9)16)25-13(24-11)22-8-15(19,20)21/h2-8H2,1H3,(H,22,23,24,25). The van der Waals surface area contributed by atoms with Gasteiger partial charge in [-0.25, -0.2) is 18.2 Å². The minimum atomic E-state index is -4.48. The summed E-state index contributed by atoms with van der Waals surface area (Å²) in [4.78, 5) is 11.7. The molecule has 4 nitrogen and oxygen atoms in total. The van der Waals surface area contributed by atoms with E-state index in [1.54, 1.807) is 0 Å². The molecule has 1 heterocycles. The van der Waals surface area contributed by atoms with Crippen molar-refractivity contribution in [1.82, 2.24) is 15.0 Å². The van der Waals surface area contributed by atoms with Crippen LogP contribution in [0.15, 0.2) is 5.83 Å². The minimum Gasteiger partial charge on any atom is -0.345 e. The van der Waals surface area contributed by atoms with Crippen molar-refractivity contribution < 1.29 is 26.3 Å². The maximum absolute atomic E-state index is 14.0. The Bertz CT molecular complexity index is 641. The third-order valence-corrected chi connectivity index (χ3v) is 3.63. The first-order valence-electron chi connectivity index (χ1n) is 7.91. The van der Waals surface area contributed by atoms with Crippen LogP contribution in [0.1, 0.15) is 50.7 Å². The molecule has 2 rings (SSSR count). The number of alkyl halides is 5. The van der Waals surface area contributed by atoms with E-state index in [-0.39, 0.29) is 29.6 Å². The molecule has 0 atom stereocenters. The largest absolute Gasteiger partial charge is 0.405 e. The van der Waals surface area contributed by atoms with E-state index in [1.807, 2.05) is 12.2 Å². The van der Waals surface area contributed by atoms with Crippen molar-refractivity contribution >= 4 is 11.5 Å². The molecule has 1 aliphatic rings. The van der Waals surface area contributed by atoms with E-state index in [0.717, 1.165) is 6.42 Å². The van der Waals surface area contributed by atoms with Crippen molar-refractivity contribution in [1.29, 1.82) is 0 Å². The Morgan fingerprint density at radius 2 is 1.88 bits per heavy atom. The molecule has 0 aromatic carbocycles. The van der Waals surface area contributed by atoms with E-state index in [9.17, 15) is 26.3 Å². The lowest BCUT2D eigenvalue weighted by atomic mass is 9.94. The summed E-state index contributed by atoms with van der Waals surface area (Å²) in [7, 11) is 0. The summed E-state index contributed by atoms with van der Waals surface area (Å²) in [6.07, 6.45) is -4.52. The summed E-state index contributed by atoms with van der Waals surface area (Å²) in [5.41, 5.74) is -0.0962. The van der Waals surface area contributed by atoms with E-state index < -0.39 is 37.3 Å². The van der Waals surface area contributed by atoms with Gasteiger partial charge in [-0.2, -0.15) is 23.1 Å². The van der Waals surface area contributed by atoms with Crippen LogP contribution >= 0.6 is 0 Å². The second-order valence-electron chi connectivity index (χ2n) is 5.89. The fourth-order valence-electron chi connectivity index (χ4n) is 2.36. The van der Waals surface area contributed by atoms with Crippen LogP contribution in [0.25, 0.3) is 5.57 Å². The number of halogens is 6. The molecule has 0 aliphatic heterocycles. The number of rotatable bonds is 6. The van der Waals surface area contributed by atoms with Crippen molar-refractivity contribution in [3.05, 3.63) is 17.5 Å². The monoisotopic (exact) mass is 368 g/mol. The van der Waals surface area contributed by atoms with Crippen LogP contribution in [0.2, 0.25) is 0 Å². The number of aryl methyl sites for hydroxylation is 1. The van der Waals surface area contributed by atoms with E-state index >= 15 is 0 Å². The van der Waals surface area contributed by atoms with Crippen molar-refractivity contribution in [2.45, 2.75) is 57.5 Å². The Hall–Kier alpha value is -1.87. The maximum atomic E-state index is 14.0. The molecular weight excluding hydrogens is 350 g/mol. The fourth-order valence-corrected chi connectivity index (χ4v) is 2.36. The van der Waals surface area contributed by atoms with Crippen LogP contribution in [0, 0.1) is 0 Å². The molecule has 0 saturated carbocycles. The predicted octanol–water partition coefficient (Wildman–Crippen LogP) is 4.69. The Kier molecular flexibility index (Phi) is 5.89. The smallest absolute Gasteiger partial charge is 0.345 e. The Morgan fingerprint density at radius 1 is 1.16 bits per heavy atom. The zero-order chi connectivity index (χ0) is 18.7. The molecule has 140 valence electrons. The molecule has 0 bridgehead atoms. The number of nitrogens with one attached hydrogen (secondary N) is 1. The Morgan fingerprint density at radius 3 is 2.48 bits per heavy atom. The highest BCUT2D eigenvalue weighted by Crippen LogP contribution is 2.40. The first kappa shape index (κ1) is 19.5. The predicted molar refractivity (Wildman–Crippen MR) is 79.8 cm³/mol. The average molecular weight is 368 g/mol. The number of hydrogen-bond acceptors (Lipinski definition) is 4. The van der Waals surface area contributed by atoms with Gasteiger partial charge in [0, 0.05) is 18.4 Å². The number of anilines is 1. The summed E-state index contributed by atoms with van der Waals surface area (Å²) < 4.78 is 77.6. The van der Waals surface area contributed by atoms with Crippen LogP contribution in [-0.2, 0) is 6.42 Å². The second-order valence-corrected chi connectivity index (χ2v) is 5.89. The van der Waals surface area contributed by atoms with Crippen LogP contribution in [-0.4, -0.2) is 33.6 Å². The van der Waals surface area contributed by atoms with Gasteiger partial charge in [-0.05, 0) is 12.8 Å². The molecule has 0 unspecified atom stereocenters. The fraction of sp³-hybridized carbons (Fsp3) is 0.667. The van der Waals surface area contributed by atoms with Gasteiger partial charge < -0.3 is 5.32 Å². The normalized spacial score (nSPS) is 17.7. The molecule has 0 radical (unpaired) electrons. The Labute approximate surface area is 140 Å².